The molecule has 3 nitrogen and oxygen atoms in total. The third-order valence-corrected chi connectivity index (χ3v) is 5.08. The van der Waals surface area contributed by atoms with E-state index in [9.17, 15) is 0 Å². The summed E-state index contributed by atoms with van der Waals surface area (Å²) in [5.41, 5.74) is 3.93. The lowest BCUT2D eigenvalue weighted by molar-refractivity contribution is -0.918. The van der Waals surface area contributed by atoms with Crippen LogP contribution in [0.4, 0.5) is 0 Å². The van der Waals surface area contributed by atoms with Gasteiger partial charge in [-0.25, -0.2) is 0 Å². The van der Waals surface area contributed by atoms with Crippen molar-refractivity contribution in [2.24, 2.45) is 0 Å². The second-order valence-corrected chi connectivity index (χ2v) is 7.23. The van der Waals surface area contributed by atoms with Gasteiger partial charge in [0.1, 0.15) is 6.54 Å². The third-order valence-electron chi connectivity index (χ3n) is 4.79. The summed E-state index contributed by atoms with van der Waals surface area (Å²) < 4.78 is 0. The Morgan fingerprint density at radius 3 is 1.96 bits per heavy atom. The summed E-state index contributed by atoms with van der Waals surface area (Å²) in [5.74, 6) is 0. The SMILES string of the molecule is S=C(NCc1ccccc1)NCc1ccc(C[NH+]2CCCCC2)cc1. The highest BCUT2D eigenvalue weighted by atomic mass is 32.1. The van der Waals surface area contributed by atoms with Crippen molar-refractivity contribution in [1.82, 2.24) is 10.6 Å². The van der Waals surface area contributed by atoms with E-state index in [1.807, 2.05) is 18.2 Å². The van der Waals surface area contributed by atoms with Crippen LogP contribution in [0.2, 0.25) is 0 Å². The lowest BCUT2D eigenvalue weighted by atomic mass is 10.1. The van der Waals surface area contributed by atoms with Crippen molar-refractivity contribution < 1.29 is 4.90 Å². The first-order valence-corrected chi connectivity index (χ1v) is 9.67. The zero-order chi connectivity index (χ0) is 17.3. The topological polar surface area (TPSA) is 28.5 Å². The molecule has 0 bridgehead atoms. The molecule has 1 aliphatic heterocycles. The molecule has 0 radical (unpaired) electrons. The molecule has 0 spiro atoms. The summed E-state index contributed by atoms with van der Waals surface area (Å²) in [4.78, 5) is 1.73. The normalized spacial score (nSPS) is 14.9. The molecule has 0 aliphatic carbocycles. The van der Waals surface area contributed by atoms with Gasteiger partial charge in [0.25, 0.3) is 0 Å². The maximum atomic E-state index is 5.36. The number of hydrogen-bond acceptors (Lipinski definition) is 1. The van der Waals surface area contributed by atoms with Gasteiger partial charge in [0.2, 0.25) is 0 Å². The molecule has 2 aromatic carbocycles. The van der Waals surface area contributed by atoms with Gasteiger partial charge in [0.05, 0.1) is 13.1 Å². The summed E-state index contributed by atoms with van der Waals surface area (Å²) in [6, 6.07) is 19.3. The molecule has 0 saturated carbocycles. The number of likely N-dealkylation sites (tertiary alicyclic amines) is 1. The summed E-state index contributed by atoms with van der Waals surface area (Å²) in [5, 5.41) is 7.24. The van der Waals surface area contributed by atoms with Crippen LogP contribution in [0.25, 0.3) is 0 Å². The molecular weight excluding hydrogens is 326 g/mol. The number of hydrogen-bond donors (Lipinski definition) is 3. The zero-order valence-corrected chi connectivity index (χ0v) is 15.6. The predicted octanol–water partition coefficient (Wildman–Crippen LogP) is 2.42. The fourth-order valence-electron chi connectivity index (χ4n) is 3.32. The van der Waals surface area contributed by atoms with Gasteiger partial charge in [0, 0.05) is 18.7 Å². The summed E-state index contributed by atoms with van der Waals surface area (Å²) in [6.45, 7) is 5.32. The minimum Gasteiger partial charge on any atom is -0.359 e. The van der Waals surface area contributed by atoms with Crippen LogP contribution in [0, 0.1) is 0 Å². The molecule has 1 fully saturated rings. The lowest BCUT2D eigenvalue weighted by Gasteiger charge is -2.23. The van der Waals surface area contributed by atoms with E-state index >= 15 is 0 Å². The number of benzene rings is 2. The summed E-state index contributed by atoms with van der Waals surface area (Å²) >= 11 is 5.36. The van der Waals surface area contributed by atoms with Crippen LogP contribution in [0.5, 0.6) is 0 Å². The van der Waals surface area contributed by atoms with Gasteiger partial charge in [-0.15, -0.1) is 0 Å². The van der Waals surface area contributed by atoms with Crippen molar-refractivity contribution in [2.75, 3.05) is 13.1 Å². The van der Waals surface area contributed by atoms with Gasteiger partial charge < -0.3 is 15.5 Å². The van der Waals surface area contributed by atoms with Crippen LogP contribution in [-0.4, -0.2) is 18.2 Å². The van der Waals surface area contributed by atoms with Crippen LogP contribution < -0.4 is 15.5 Å². The summed E-state index contributed by atoms with van der Waals surface area (Å²) in [6.07, 6.45) is 4.17. The van der Waals surface area contributed by atoms with E-state index in [2.05, 4.69) is 47.0 Å². The quantitative estimate of drug-likeness (QED) is 0.696. The molecule has 0 aromatic heterocycles. The van der Waals surface area contributed by atoms with Gasteiger partial charge in [-0.2, -0.15) is 0 Å². The Hall–Kier alpha value is -1.91. The molecule has 1 aliphatic rings. The number of piperidine rings is 1. The van der Waals surface area contributed by atoms with Gasteiger partial charge in [-0.3, -0.25) is 0 Å². The molecule has 2 aromatic rings. The number of nitrogens with one attached hydrogen (secondary N) is 3. The van der Waals surface area contributed by atoms with Crippen LogP contribution in [0.15, 0.2) is 54.6 Å². The first-order valence-electron chi connectivity index (χ1n) is 9.26. The van der Waals surface area contributed by atoms with Crippen LogP contribution in [0.1, 0.15) is 36.0 Å². The van der Waals surface area contributed by atoms with Crippen molar-refractivity contribution in [3.05, 3.63) is 71.3 Å². The first kappa shape index (κ1) is 17.9. The van der Waals surface area contributed by atoms with Crippen molar-refractivity contribution >= 4 is 17.3 Å². The summed E-state index contributed by atoms with van der Waals surface area (Å²) in [7, 11) is 0. The molecule has 0 amide bonds. The average Bonchev–Trinajstić information content (AvgIpc) is 2.67. The lowest BCUT2D eigenvalue weighted by Crippen LogP contribution is -3.11. The molecule has 4 heteroatoms. The molecule has 0 atom stereocenters. The monoisotopic (exact) mass is 354 g/mol. The Kier molecular flexibility index (Phi) is 6.83. The van der Waals surface area contributed by atoms with Gasteiger partial charge in [-0.1, -0.05) is 54.6 Å². The zero-order valence-electron chi connectivity index (χ0n) is 14.8. The van der Waals surface area contributed by atoms with Crippen LogP contribution in [-0.2, 0) is 19.6 Å². The predicted molar refractivity (Wildman–Crippen MR) is 107 cm³/mol. The van der Waals surface area contributed by atoms with Crippen molar-refractivity contribution in [3.63, 3.8) is 0 Å². The first-order chi connectivity index (χ1) is 12.3. The molecule has 132 valence electrons. The van der Waals surface area contributed by atoms with Gasteiger partial charge >= 0.3 is 0 Å². The van der Waals surface area contributed by atoms with E-state index < -0.39 is 0 Å². The molecule has 3 N–H and O–H groups in total. The maximum Gasteiger partial charge on any atom is 0.166 e. The standard InChI is InChI=1S/C21H27N3S/c25-21(22-15-18-7-3-1-4-8-18)23-16-19-9-11-20(12-10-19)17-24-13-5-2-6-14-24/h1,3-4,7-12H,2,5-6,13-17H2,(H2,22,23,25)/p+1. The fourth-order valence-corrected chi connectivity index (χ4v) is 3.46. The molecule has 0 unspecified atom stereocenters. The van der Waals surface area contributed by atoms with Crippen molar-refractivity contribution in [2.45, 2.75) is 38.9 Å². The molecule has 1 heterocycles. The highest BCUT2D eigenvalue weighted by Crippen LogP contribution is 2.04. The second kappa shape index (κ2) is 9.54. The Labute approximate surface area is 156 Å². The van der Waals surface area contributed by atoms with Crippen molar-refractivity contribution in [3.8, 4) is 0 Å². The minimum atomic E-state index is 0.700. The Balaban J connectivity index is 1.39. The van der Waals surface area contributed by atoms with Gasteiger partial charge in [0.15, 0.2) is 5.11 Å². The van der Waals surface area contributed by atoms with Crippen LogP contribution in [0.3, 0.4) is 0 Å². The van der Waals surface area contributed by atoms with E-state index in [0.29, 0.717) is 5.11 Å². The maximum absolute atomic E-state index is 5.36. The van der Waals surface area contributed by atoms with Crippen LogP contribution >= 0.6 is 12.2 Å². The van der Waals surface area contributed by atoms with Crippen molar-refractivity contribution in [1.29, 1.82) is 0 Å². The molecule has 3 rings (SSSR count). The van der Waals surface area contributed by atoms with E-state index in [1.54, 1.807) is 4.90 Å². The Morgan fingerprint density at radius 2 is 1.32 bits per heavy atom. The number of rotatable bonds is 6. The Morgan fingerprint density at radius 1 is 0.760 bits per heavy atom. The Bertz CT molecular complexity index is 649. The third kappa shape index (κ3) is 6.15. The molecule has 25 heavy (non-hydrogen) atoms. The second-order valence-electron chi connectivity index (χ2n) is 6.83. The highest BCUT2D eigenvalue weighted by Gasteiger charge is 2.13. The smallest absolute Gasteiger partial charge is 0.166 e. The average molecular weight is 355 g/mol. The van der Waals surface area contributed by atoms with E-state index in [1.165, 1.54) is 49.0 Å². The number of thiocarbonyl (C=S) groups is 1. The van der Waals surface area contributed by atoms with E-state index in [0.717, 1.165) is 19.6 Å². The van der Waals surface area contributed by atoms with E-state index in [4.69, 9.17) is 12.2 Å². The molecule has 1 saturated heterocycles. The molecular formula is C21H28N3S+. The number of quaternary nitrogens is 1. The van der Waals surface area contributed by atoms with Gasteiger partial charge in [-0.05, 0) is 42.6 Å². The highest BCUT2D eigenvalue weighted by molar-refractivity contribution is 7.80. The largest absolute Gasteiger partial charge is 0.359 e. The minimum absolute atomic E-state index is 0.700. The fraction of sp³-hybridized carbons (Fsp3) is 0.381. The van der Waals surface area contributed by atoms with E-state index in [-0.39, 0.29) is 0 Å².